The molecule has 0 heterocycles. The van der Waals surface area contributed by atoms with Gasteiger partial charge in [0.15, 0.2) is 0 Å². The summed E-state index contributed by atoms with van der Waals surface area (Å²) in [5, 5.41) is 8.24. The molecule has 0 fully saturated rings. The van der Waals surface area contributed by atoms with E-state index in [9.17, 15) is 4.39 Å². The van der Waals surface area contributed by atoms with Gasteiger partial charge in [0.25, 0.3) is 0 Å². The van der Waals surface area contributed by atoms with Gasteiger partial charge in [0.1, 0.15) is 5.82 Å². The van der Waals surface area contributed by atoms with E-state index in [0.717, 1.165) is 0 Å². The molecule has 0 radical (unpaired) electrons. The van der Waals surface area contributed by atoms with Crippen molar-refractivity contribution in [3.8, 4) is 17.9 Å². The van der Waals surface area contributed by atoms with E-state index in [1.54, 1.807) is 12.1 Å². The van der Waals surface area contributed by atoms with Crippen LogP contribution in [0.2, 0.25) is 0 Å². The third kappa shape index (κ3) is 2.76. The third-order valence-electron chi connectivity index (χ3n) is 1.60. The minimum absolute atomic E-state index is 0.151. The van der Waals surface area contributed by atoms with Crippen LogP contribution in [-0.4, -0.2) is 0 Å². The molecule has 1 rings (SSSR count). The molecule has 0 aliphatic heterocycles. The topological polar surface area (TPSA) is 23.8 Å². The lowest BCUT2D eigenvalue weighted by atomic mass is 10.1. The Labute approximate surface area is 87.1 Å². The predicted molar refractivity (Wildman–Crippen MR) is 53.1 cm³/mol. The van der Waals surface area contributed by atoms with E-state index in [1.807, 2.05) is 6.07 Å². The Morgan fingerprint density at radius 1 is 1.43 bits per heavy atom. The van der Waals surface area contributed by atoms with E-state index < -0.39 is 0 Å². The van der Waals surface area contributed by atoms with Crippen LogP contribution in [-0.2, 0) is 5.88 Å². The molecule has 14 heavy (non-hydrogen) atoms. The number of alkyl halides is 1. The quantitative estimate of drug-likeness (QED) is 0.513. The summed E-state index contributed by atoms with van der Waals surface area (Å²) in [5.41, 5.74) is 1.02. The lowest BCUT2D eigenvalue weighted by Crippen LogP contribution is -1.86. The number of hydrogen-bond acceptors (Lipinski definition) is 1. The van der Waals surface area contributed by atoms with Crippen molar-refractivity contribution in [3.63, 3.8) is 0 Å². The van der Waals surface area contributed by atoms with Crippen LogP contribution in [0.25, 0.3) is 0 Å². The molecule has 0 aromatic heterocycles. The standard InChI is InChI=1S/C11H7ClFN/c12-8-10-5-4-9(7-11(10)13)3-1-2-6-14/h4-5,7H,2,8H2. The van der Waals surface area contributed by atoms with Crippen molar-refractivity contribution < 1.29 is 4.39 Å². The first kappa shape index (κ1) is 10.6. The summed E-state index contributed by atoms with van der Waals surface area (Å²) in [6.45, 7) is 0. The van der Waals surface area contributed by atoms with Gasteiger partial charge in [-0.3, -0.25) is 0 Å². The first-order valence-corrected chi connectivity index (χ1v) is 4.51. The monoisotopic (exact) mass is 207 g/mol. The maximum atomic E-state index is 13.1. The number of nitriles is 1. The van der Waals surface area contributed by atoms with E-state index in [0.29, 0.717) is 11.1 Å². The summed E-state index contributed by atoms with van der Waals surface area (Å²) < 4.78 is 13.1. The average Bonchev–Trinajstić information content (AvgIpc) is 2.18. The molecule has 0 bridgehead atoms. The number of rotatable bonds is 1. The largest absolute Gasteiger partial charge is 0.207 e. The van der Waals surface area contributed by atoms with Gasteiger partial charge in [0, 0.05) is 11.1 Å². The summed E-state index contributed by atoms with van der Waals surface area (Å²) in [4.78, 5) is 0. The molecule has 1 aromatic carbocycles. The SMILES string of the molecule is N#CCC#Cc1ccc(CCl)c(F)c1. The first-order valence-electron chi connectivity index (χ1n) is 3.98. The second kappa shape index (κ2) is 5.27. The van der Waals surface area contributed by atoms with Gasteiger partial charge in [-0.2, -0.15) is 5.26 Å². The smallest absolute Gasteiger partial charge is 0.128 e. The lowest BCUT2D eigenvalue weighted by Gasteiger charge is -1.97. The predicted octanol–water partition coefficient (Wildman–Crippen LogP) is 2.83. The first-order chi connectivity index (χ1) is 6.77. The molecule has 0 N–H and O–H groups in total. The Morgan fingerprint density at radius 3 is 2.79 bits per heavy atom. The van der Waals surface area contributed by atoms with Crippen molar-refractivity contribution in [1.29, 1.82) is 5.26 Å². The Morgan fingerprint density at radius 2 is 2.21 bits per heavy atom. The molecule has 0 aliphatic carbocycles. The molecule has 0 amide bonds. The van der Waals surface area contributed by atoms with Gasteiger partial charge in [-0.15, -0.1) is 11.6 Å². The maximum absolute atomic E-state index is 13.1. The van der Waals surface area contributed by atoms with Crippen LogP contribution in [0.5, 0.6) is 0 Å². The molecule has 0 spiro atoms. The average molecular weight is 208 g/mol. The van der Waals surface area contributed by atoms with Crippen molar-refractivity contribution >= 4 is 11.6 Å². The number of halogens is 2. The molecule has 0 unspecified atom stereocenters. The molecule has 70 valence electrons. The zero-order valence-electron chi connectivity index (χ0n) is 7.35. The molecule has 0 atom stereocenters. The second-order valence-corrected chi connectivity index (χ2v) is 2.84. The van der Waals surface area contributed by atoms with Crippen molar-refractivity contribution in [2.75, 3.05) is 0 Å². The van der Waals surface area contributed by atoms with Crippen LogP contribution in [0.3, 0.4) is 0 Å². The number of benzene rings is 1. The van der Waals surface area contributed by atoms with Crippen molar-refractivity contribution in [3.05, 3.63) is 35.1 Å². The normalized spacial score (nSPS) is 8.64. The van der Waals surface area contributed by atoms with Crippen LogP contribution < -0.4 is 0 Å². The Balaban J connectivity index is 2.89. The van der Waals surface area contributed by atoms with Gasteiger partial charge in [-0.25, -0.2) is 4.39 Å². The van der Waals surface area contributed by atoms with E-state index in [2.05, 4.69) is 11.8 Å². The van der Waals surface area contributed by atoms with Gasteiger partial charge in [0.05, 0.1) is 18.4 Å². The Bertz CT molecular complexity index is 423. The molecule has 1 aromatic rings. The van der Waals surface area contributed by atoms with E-state index >= 15 is 0 Å². The highest BCUT2D eigenvalue weighted by Crippen LogP contribution is 2.11. The zero-order chi connectivity index (χ0) is 10.4. The van der Waals surface area contributed by atoms with Crippen molar-refractivity contribution in [2.24, 2.45) is 0 Å². The van der Waals surface area contributed by atoms with Crippen molar-refractivity contribution in [1.82, 2.24) is 0 Å². The van der Waals surface area contributed by atoms with Crippen LogP contribution in [0.1, 0.15) is 17.5 Å². The van der Waals surface area contributed by atoms with Crippen LogP contribution in [0.15, 0.2) is 18.2 Å². The minimum atomic E-state index is -0.358. The zero-order valence-corrected chi connectivity index (χ0v) is 8.11. The molecule has 0 aliphatic rings. The van der Waals surface area contributed by atoms with E-state index in [-0.39, 0.29) is 18.1 Å². The second-order valence-electron chi connectivity index (χ2n) is 2.58. The van der Waals surface area contributed by atoms with Gasteiger partial charge >= 0.3 is 0 Å². The summed E-state index contributed by atoms with van der Waals surface area (Å²) in [6, 6.07) is 6.49. The highest BCUT2D eigenvalue weighted by molar-refractivity contribution is 6.17. The highest BCUT2D eigenvalue weighted by Gasteiger charge is 2.00. The fraction of sp³-hybridized carbons (Fsp3) is 0.182. The van der Waals surface area contributed by atoms with Crippen LogP contribution in [0.4, 0.5) is 4.39 Å². The van der Waals surface area contributed by atoms with Crippen LogP contribution >= 0.6 is 11.6 Å². The highest BCUT2D eigenvalue weighted by atomic mass is 35.5. The van der Waals surface area contributed by atoms with E-state index in [4.69, 9.17) is 16.9 Å². The maximum Gasteiger partial charge on any atom is 0.128 e. The number of hydrogen-bond donors (Lipinski definition) is 0. The molecule has 1 nitrogen and oxygen atoms in total. The summed E-state index contributed by atoms with van der Waals surface area (Å²) in [5.74, 6) is 5.08. The summed E-state index contributed by atoms with van der Waals surface area (Å²) in [7, 11) is 0. The number of nitrogens with zero attached hydrogens (tertiary/aromatic N) is 1. The van der Waals surface area contributed by atoms with Gasteiger partial charge < -0.3 is 0 Å². The van der Waals surface area contributed by atoms with Gasteiger partial charge in [-0.05, 0) is 12.1 Å². The molecular formula is C11H7ClFN. The van der Waals surface area contributed by atoms with Gasteiger partial charge in [0.2, 0.25) is 0 Å². The van der Waals surface area contributed by atoms with E-state index in [1.165, 1.54) is 6.07 Å². The summed E-state index contributed by atoms with van der Waals surface area (Å²) >= 11 is 5.49. The Kier molecular flexibility index (Phi) is 3.98. The lowest BCUT2D eigenvalue weighted by molar-refractivity contribution is 0.616. The fourth-order valence-corrected chi connectivity index (χ4v) is 1.14. The van der Waals surface area contributed by atoms with Crippen molar-refractivity contribution in [2.45, 2.75) is 12.3 Å². The fourth-order valence-electron chi connectivity index (χ4n) is 0.919. The summed E-state index contributed by atoms with van der Waals surface area (Å²) in [6.07, 6.45) is 0.152. The molecule has 3 heteroatoms. The molecule has 0 saturated carbocycles. The molecule has 0 saturated heterocycles. The minimum Gasteiger partial charge on any atom is -0.207 e. The molecular weight excluding hydrogens is 201 g/mol. The van der Waals surface area contributed by atoms with Crippen LogP contribution in [0, 0.1) is 29.0 Å². The third-order valence-corrected chi connectivity index (χ3v) is 1.89. The van der Waals surface area contributed by atoms with Gasteiger partial charge in [-0.1, -0.05) is 17.9 Å². The Hall–Kier alpha value is -1.51.